The van der Waals surface area contributed by atoms with Crippen LogP contribution in [0, 0.1) is 19.7 Å². The summed E-state index contributed by atoms with van der Waals surface area (Å²) in [5, 5.41) is 4.11. The van der Waals surface area contributed by atoms with E-state index in [-0.39, 0.29) is 11.7 Å². The van der Waals surface area contributed by atoms with Gasteiger partial charge in [-0.1, -0.05) is 23.8 Å². The lowest BCUT2D eigenvalue weighted by Crippen LogP contribution is -2.19. The summed E-state index contributed by atoms with van der Waals surface area (Å²) in [5.74, 6) is -0.736. The fourth-order valence-corrected chi connectivity index (χ4v) is 2.08. The lowest BCUT2D eigenvalue weighted by molar-refractivity contribution is 0.0955. The summed E-state index contributed by atoms with van der Waals surface area (Å²) < 4.78 is 12.8. The van der Waals surface area contributed by atoms with Crippen LogP contribution >= 0.6 is 0 Å². The van der Waals surface area contributed by atoms with Gasteiger partial charge in [0.1, 0.15) is 5.82 Å². The van der Waals surface area contributed by atoms with Crippen LogP contribution in [-0.4, -0.2) is 11.6 Å². The van der Waals surface area contributed by atoms with Crippen LogP contribution in [0.25, 0.3) is 0 Å². The van der Waals surface area contributed by atoms with Gasteiger partial charge in [0.2, 0.25) is 0 Å². The number of carbonyl (C=O) groups is 1. The van der Waals surface area contributed by atoms with Gasteiger partial charge < -0.3 is 0 Å². The molecule has 2 aromatic carbocycles. The van der Waals surface area contributed by atoms with Crippen molar-refractivity contribution in [2.24, 2.45) is 5.10 Å². The highest BCUT2D eigenvalue weighted by atomic mass is 19.1. The fraction of sp³-hybridized carbons (Fsp3) is 0.176. The Labute approximate surface area is 123 Å². The third-order valence-electron chi connectivity index (χ3n) is 3.20. The molecule has 1 N–H and O–H groups in total. The number of hydrazone groups is 1. The Balaban J connectivity index is 2.12. The van der Waals surface area contributed by atoms with Gasteiger partial charge in [-0.25, -0.2) is 9.82 Å². The van der Waals surface area contributed by atoms with Gasteiger partial charge in [0.25, 0.3) is 5.91 Å². The number of halogens is 1. The summed E-state index contributed by atoms with van der Waals surface area (Å²) in [6.45, 7) is 5.87. The molecule has 4 heteroatoms. The molecule has 108 valence electrons. The van der Waals surface area contributed by atoms with Crippen LogP contribution in [0.4, 0.5) is 4.39 Å². The first-order valence-corrected chi connectivity index (χ1v) is 6.65. The summed E-state index contributed by atoms with van der Waals surface area (Å²) in [6, 6.07) is 11.4. The van der Waals surface area contributed by atoms with Crippen LogP contribution in [0.2, 0.25) is 0 Å². The van der Waals surface area contributed by atoms with Crippen LogP contribution < -0.4 is 5.43 Å². The third-order valence-corrected chi connectivity index (χ3v) is 3.20. The zero-order chi connectivity index (χ0) is 15.4. The molecule has 21 heavy (non-hydrogen) atoms. The maximum absolute atomic E-state index is 12.8. The van der Waals surface area contributed by atoms with E-state index in [0.29, 0.717) is 5.56 Å². The number of benzene rings is 2. The second kappa shape index (κ2) is 6.31. The molecule has 0 spiro atoms. The lowest BCUT2D eigenvalue weighted by Gasteiger charge is -2.07. The number of hydrogen-bond donors (Lipinski definition) is 1. The van der Waals surface area contributed by atoms with Gasteiger partial charge in [0, 0.05) is 11.1 Å². The van der Waals surface area contributed by atoms with Gasteiger partial charge in [0.15, 0.2) is 0 Å². The number of nitrogens with zero attached hydrogens (tertiary/aromatic N) is 1. The van der Waals surface area contributed by atoms with E-state index in [0.717, 1.165) is 16.8 Å². The molecule has 0 unspecified atom stereocenters. The van der Waals surface area contributed by atoms with Gasteiger partial charge in [-0.15, -0.1) is 0 Å². The van der Waals surface area contributed by atoms with Crippen LogP contribution in [-0.2, 0) is 0 Å². The minimum atomic E-state index is -0.374. The normalized spacial score (nSPS) is 11.3. The second-order valence-electron chi connectivity index (χ2n) is 4.96. The number of hydrogen-bond acceptors (Lipinski definition) is 2. The van der Waals surface area contributed by atoms with Crippen LogP contribution in [0.5, 0.6) is 0 Å². The molecule has 2 aromatic rings. The maximum Gasteiger partial charge on any atom is 0.271 e. The smallest absolute Gasteiger partial charge is 0.267 e. The van der Waals surface area contributed by atoms with Crippen molar-refractivity contribution in [3.8, 4) is 0 Å². The van der Waals surface area contributed by atoms with Crippen LogP contribution in [0.1, 0.15) is 34.0 Å². The van der Waals surface area contributed by atoms with Crippen LogP contribution in [0.3, 0.4) is 0 Å². The van der Waals surface area contributed by atoms with Crippen molar-refractivity contribution < 1.29 is 9.18 Å². The predicted octanol–water partition coefficient (Wildman–Crippen LogP) is 3.60. The number of carbonyl (C=O) groups excluding carboxylic acids is 1. The highest BCUT2D eigenvalue weighted by Crippen LogP contribution is 2.11. The van der Waals surface area contributed by atoms with E-state index in [2.05, 4.69) is 16.6 Å². The molecular formula is C17H17FN2O. The summed E-state index contributed by atoms with van der Waals surface area (Å²) >= 11 is 0. The highest BCUT2D eigenvalue weighted by Gasteiger charge is 2.06. The van der Waals surface area contributed by atoms with E-state index in [9.17, 15) is 9.18 Å². The van der Waals surface area contributed by atoms with E-state index >= 15 is 0 Å². The Hall–Kier alpha value is -2.49. The molecule has 2 rings (SSSR count). The minimum absolute atomic E-state index is 0.362. The molecule has 0 bridgehead atoms. The average molecular weight is 284 g/mol. The number of amides is 1. The van der Waals surface area contributed by atoms with Crippen molar-refractivity contribution in [3.63, 3.8) is 0 Å². The Morgan fingerprint density at radius 1 is 1.10 bits per heavy atom. The van der Waals surface area contributed by atoms with E-state index in [1.807, 2.05) is 32.9 Å². The lowest BCUT2D eigenvalue weighted by atomic mass is 10.0. The topological polar surface area (TPSA) is 41.5 Å². The first-order chi connectivity index (χ1) is 9.97. The SMILES string of the molecule is C/C(=N\NC(=O)c1ccc(F)cc1)c1ccc(C)cc1C. The second-order valence-corrected chi connectivity index (χ2v) is 4.96. The quantitative estimate of drug-likeness (QED) is 0.679. The molecule has 0 saturated heterocycles. The third kappa shape index (κ3) is 3.75. The Morgan fingerprint density at radius 2 is 1.76 bits per heavy atom. The standard InChI is InChI=1S/C17H17FN2O/c1-11-4-9-16(12(2)10-11)13(3)19-20-17(21)14-5-7-15(18)8-6-14/h4-10H,1-3H3,(H,20,21)/b19-13+. The molecule has 3 nitrogen and oxygen atoms in total. The van der Waals surface area contributed by atoms with E-state index < -0.39 is 0 Å². The fourth-order valence-electron chi connectivity index (χ4n) is 2.08. The zero-order valence-corrected chi connectivity index (χ0v) is 12.3. The molecule has 0 atom stereocenters. The van der Waals surface area contributed by atoms with Crippen molar-refractivity contribution in [2.45, 2.75) is 20.8 Å². The van der Waals surface area contributed by atoms with E-state index in [1.54, 1.807) is 0 Å². The number of aryl methyl sites for hydroxylation is 2. The van der Waals surface area contributed by atoms with Gasteiger partial charge in [0.05, 0.1) is 5.71 Å². The summed E-state index contributed by atoms with van der Waals surface area (Å²) in [6.07, 6.45) is 0. The Kier molecular flexibility index (Phi) is 4.48. The zero-order valence-electron chi connectivity index (χ0n) is 12.3. The summed E-state index contributed by atoms with van der Waals surface area (Å²) in [5.41, 5.74) is 6.85. The van der Waals surface area contributed by atoms with Gasteiger partial charge in [-0.05, 0) is 50.6 Å². The van der Waals surface area contributed by atoms with Crippen molar-refractivity contribution in [3.05, 3.63) is 70.5 Å². The first kappa shape index (κ1) is 14.9. The first-order valence-electron chi connectivity index (χ1n) is 6.65. The Bertz CT molecular complexity index is 690. The molecular weight excluding hydrogens is 267 g/mol. The minimum Gasteiger partial charge on any atom is -0.267 e. The molecule has 1 amide bonds. The van der Waals surface area contributed by atoms with Crippen molar-refractivity contribution >= 4 is 11.6 Å². The van der Waals surface area contributed by atoms with E-state index in [4.69, 9.17) is 0 Å². The van der Waals surface area contributed by atoms with Gasteiger partial charge in [-0.2, -0.15) is 5.10 Å². The summed E-state index contributed by atoms with van der Waals surface area (Å²) in [7, 11) is 0. The van der Waals surface area contributed by atoms with Crippen molar-refractivity contribution in [2.75, 3.05) is 0 Å². The molecule has 0 aliphatic rings. The average Bonchev–Trinajstić information content (AvgIpc) is 2.45. The van der Waals surface area contributed by atoms with Crippen molar-refractivity contribution in [1.82, 2.24) is 5.43 Å². The summed E-state index contributed by atoms with van der Waals surface area (Å²) in [4.78, 5) is 11.9. The number of nitrogens with one attached hydrogen (secondary N) is 1. The Morgan fingerprint density at radius 3 is 2.38 bits per heavy atom. The van der Waals surface area contributed by atoms with Crippen LogP contribution in [0.15, 0.2) is 47.6 Å². The van der Waals surface area contributed by atoms with Crippen molar-refractivity contribution in [1.29, 1.82) is 0 Å². The predicted molar refractivity (Wildman–Crippen MR) is 82.0 cm³/mol. The number of rotatable bonds is 3. The van der Waals surface area contributed by atoms with Gasteiger partial charge >= 0.3 is 0 Å². The monoisotopic (exact) mass is 284 g/mol. The molecule has 0 saturated carbocycles. The molecule has 0 aromatic heterocycles. The van der Waals surface area contributed by atoms with Gasteiger partial charge in [-0.3, -0.25) is 4.79 Å². The highest BCUT2D eigenvalue weighted by molar-refractivity contribution is 6.01. The largest absolute Gasteiger partial charge is 0.271 e. The molecule has 0 heterocycles. The molecule has 0 radical (unpaired) electrons. The van der Waals surface area contributed by atoms with E-state index in [1.165, 1.54) is 29.8 Å². The molecule has 0 aliphatic heterocycles. The maximum atomic E-state index is 12.8. The molecule has 0 fully saturated rings. The molecule has 0 aliphatic carbocycles.